The smallest absolute Gasteiger partial charge is 0.254 e. The summed E-state index contributed by atoms with van der Waals surface area (Å²) < 4.78 is 6.01. The number of ether oxygens (including phenoxy) is 1. The molecular formula is C25H25N3O2. The number of rotatable bonds is 4. The van der Waals surface area contributed by atoms with Crippen LogP contribution in [0.25, 0.3) is 0 Å². The summed E-state index contributed by atoms with van der Waals surface area (Å²) in [4.78, 5) is 18.2. The van der Waals surface area contributed by atoms with E-state index in [9.17, 15) is 4.79 Å². The molecule has 2 aliphatic rings. The third-order valence-corrected chi connectivity index (χ3v) is 6.27. The lowest BCUT2D eigenvalue weighted by molar-refractivity contribution is 0.0997. The molecule has 5 heteroatoms. The third kappa shape index (κ3) is 3.57. The molecule has 0 fully saturated rings. The van der Waals surface area contributed by atoms with Crippen LogP contribution in [0.5, 0.6) is 11.5 Å². The number of hydrogen-bond acceptors (Lipinski definition) is 4. The number of carbonyl (C=O) groups excluding carboxylic acids is 1. The number of benzene rings is 2. The van der Waals surface area contributed by atoms with E-state index in [1.807, 2.05) is 6.07 Å². The summed E-state index contributed by atoms with van der Waals surface area (Å²) in [6.45, 7) is 2.11. The largest absolute Gasteiger partial charge is 0.456 e. The van der Waals surface area contributed by atoms with Crippen LogP contribution < -0.4 is 10.5 Å². The average Bonchev–Trinajstić information content (AvgIpc) is 2.78. The molecule has 1 atom stereocenters. The van der Waals surface area contributed by atoms with E-state index in [1.165, 1.54) is 41.3 Å². The minimum atomic E-state index is -0.540. The molecule has 1 aliphatic heterocycles. The van der Waals surface area contributed by atoms with Crippen LogP contribution in [0.3, 0.4) is 0 Å². The van der Waals surface area contributed by atoms with Gasteiger partial charge < -0.3 is 10.5 Å². The van der Waals surface area contributed by atoms with Crippen molar-refractivity contribution in [1.82, 2.24) is 9.88 Å². The zero-order valence-corrected chi connectivity index (χ0v) is 16.9. The van der Waals surface area contributed by atoms with Gasteiger partial charge in [0, 0.05) is 31.5 Å². The summed E-state index contributed by atoms with van der Waals surface area (Å²) in [7, 11) is 0. The second-order valence-electron chi connectivity index (χ2n) is 8.10. The van der Waals surface area contributed by atoms with Crippen LogP contribution in [-0.4, -0.2) is 22.3 Å². The first-order chi connectivity index (χ1) is 14.7. The van der Waals surface area contributed by atoms with E-state index in [-0.39, 0.29) is 0 Å². The van der Waals surface area contributed by atoms with E-state index in [0.29, 0.717) is 17.4 Å². The van der Waals surface area contributed by atoms with Gasteiger partial charge in [-0.2, -0.15) is 0 Å². The highest BCUT2D eigenvalue weighted by molar-refractivity contribution is 5.95. The highest BCUT2D eigenvalue weighted by Crippen LogP contribution is 2.39. The Kier molecular flexibility index (Phi) is 4.97. The van der Waals surface area contributed by atoms with Gasteiger partial charge in [0.2, 0.25) is 0 Å². The van der Waals surface area contributed by atoms with E-state index in [1.54, 1.807) is 12.3 Å². The number of primary amides is 1. The summed E-state index contributed by atoms with van der Waals surface area (Å²) in [5, 5.41) is 0. The van der Waals surface area contributed by atoms with E-state index >= 15 is 0 Å². The molecule has 1 aromatic heterocycles. The number of nitrogens with two attached hydrogens (primary N) is 1. The van der Waals surface area contributed by atoms with Crippen molar-refractivity contribution in [3.05, 3.63) is 88.7 Å². The molecule has 1 amide bonds. The van der Waals surface area contributed by atoms with Gasteiger partial charge in [-0.25, -0.2) is 0 Å². The zero-order chi connectivity index (χ0) is 20.5. The van der Waals surface area contributed by atoms with Crippen molar-refractivity contribution in [2.75, 3.05) is 6.54 Å². The fourth-order valence-corrected chi connectivity index (χ4v) is 4.77. The molecule has 2 N–H and O–H groups in total. The molecule has 5 nitrogen and oxygen atoms in total. The number of fused-ring (bicyclic) bond motifs is 2. The number of pyridine rings is 1. The average molecular weight is 399 g/mol. The predicted molar refractivity (Wildman–Crippen MR) is 116 cm³/mol. The van der Waals surface area contributed by atoms with Crippen molar-refractivity contribution < 1.29 is 9.53 Å². The molecule has 0 radical (unpaired) electrons. The lowest BCUT2D eigenvalue weighted by atomic mass is 9.85. The minimum absolute atomic E-state index is 0.292. The molecule has 2 aromatic carbocycles. The lowest BCUT2D eigenvalue weighted by Gasteiger charge is -2.39. The molecule has 152 valence electrons. The Hall–Kier alpha value is -3.18. The van der Waals surface area contributed by atoms with Crippen LogP contribution >= 0.6 is 0 Å². The quantitative estimate of drug-likeness (QED) is 0.706. The Bertz CT molecular complexity index is 1100. The van der Waals surface area contributed by atoms with Gasteiger partial charge in [-0.05, 0) is 66.1 Å². The van der Waals surface area contributed by atoms with Crippen LogP contribution in [0.15, 0.2) is 60.9 Å². The van der Waals surface area contributed by atoms with Crippen LogP contribution in [0.2, 0.25) is 0 Å². The second kappa shape index (κ2) is 7.92. The Labute approximate surface area is 176 Å². The highest BCUT2D eigenvalue weighted by Gasteiger charge is 2.28. The first-order valence-electron chi connectivity index (χ1n) is 10.5. The molecule has 0 spiro atoms. The van der Waals surface area contributed by atoms with Crippen LogP contribution in [-0.2, 0) is 19.4 Å². The standard InChI is InChI=1S/C25H25N3O2/c26-25(29)22-15-27-12-10-24(22)30-20-8-9-21-18(14-20)6-3-7-23(21)28-13-11-17-4-1-2-5-19(17)16-28/h1-2,4-5,8-10,12,14-15,23H,3,6-7,11,13,16H2,(H2,26,29). The Balaban J connectivity index is 1.39. The van der Waals surface area contributed by atoms with Crippen molar-refractivity contribution in [2.45, 2.75) is 38.3 Å². The molecule has 0 bridgehead atoms. The number of carbonyl (C=O) groups is 1. The molecule has 1 aliphatic carbocycles. The van der Waals surface area contributed by atoms with E-state index in [2.05, 4.69) is 46.3 Å². The van der Waals surface area contributed by atoms with Crippen molar-refractivity contribution in [3.63, 3.8) is 0 Å². The molecule has 5 rings (SSSR count). The van der Waals surface area contributed by atoms with Gasteiger partial charge in [-0.3, -0.25) is 14.7 Å². The maximum Gasteiger partial charge on any atom is 0.254 e. The molecule has 2 heterocycles. The van der Waals surface area contributed by atoms with Gasteiger partial charge in [0.05, 0.1) is 0 Å². The summed E-state index contributed by atoms with van der Waals surface area (Å²) in [5.41, 5.74) is 11.4. The lowest BCUT2D eigenvalue weighted by Crippen LogP contribution is -2.35. The van der Waals surface area contributed by atoms with Crippen molar-refractivity contribution in [1.29, 1.82) is 0 Å². The Morgan fingerprint density at radius 1 is 1.07 bits per heavy atom. The third-order valence-electron chi connectivity index (χ3n) is 6.27. The molecule has 1 unspecified atom stereocenters. The fourth-order valence-electron chi connectivity index (χ4n) is 4.77. The second-order valence-corrected chi connectivity index (χ2v) is 8.10. The molecule has 3 aromatic rings. The summed E-state index contributed by atoms with van der Waals surface area (Å²) >= 11 is 0. The summed E-state index contributed by atoms with van der Waals surface area (Å²) in [6.07, 6.45) is 7.56. The van der Waals surface area contributed by atoms with Crippen LogP contribution in [0, 0.1) is 0 Å². The minimum Gasteiger partial charge on any atom is -0.456 e. The van der Waals surface area contributed by atoms with Gasteiger partial charge in [-0.1, -0.05) is 30.3 Å². The number of hydrogen-bond donors (Lipinski definition) is 1. The summed E-state index contributed by atoms with van der Waals surface area (Å²) in [6, 6.07) is 17.2. The molecule has 0 saturated heterocycles. The Morgan fingerprint density at radius 2 is 1.93 bits per heavy atom. The molecular weight excluding hydrogens is 374 g/mol. The molecule has 0 saturated carbocycles. The SMILES string of the molecule is NC(=O)c1cnccc1Oc1ccc2c(c1)CCCC2N1CCc2ccccc2C1. The van der Waals surface area contributed by atoms with E-state index in [4.69, 9.17) is 10.5 Å². The van der Waals surface area contributed by atoms with E-state index < -0.39 is 5.91 Å². The number of aryl methyl sites for hydroxylation is 1. The van der Waals surface area contributed by atoms with Crippen LogP contribution in [0.4, 0.5) is 0 Å². The van der Waals surface area contributed by atoms with Gasteiger partial charge in [0.15, 0.2) is 0 Å². The maximum absolute atomic E-state index is 11.6. The number of aromatic nitrogens is 1. The normalized spacial score (nSPS) is 18.3. The van der Waals surface area contributed by atoms with Crippen LogP contribution in [0.1, 0.15) is 51.5 Å². The first-order valence-corrected chi connectivity index (χ1v) is 10.5. The van der Waals surface area contributed by atoms with Crippen molar-refractivity contribution in [3.8, 4) is 11.5 Å². The first kappa shape index (κ1) is 18.8. The van der Waals surface area contributed by atoms with Crippen molar-refractivity contribution in [2.24, 2.45) is 5.73 Å². The predicted octanol–water partition coefficient (Wildman–Crippen LogP) is 4.41. The summed E-state index contributed by atoms with van der Waals surface area (Å²) in [5.74, 6) is 0.631. The van der Waals surface area contributed by atoms with E-state index in [0.717, 1.165) is 31.7 Å². The number of nitrogens with zero attached hydrogens (tertiary/aromatic N) is 2. The fraction of sp³-hybridized carbons (Fsp3) is 0.280. The van der Waals surface area contributed by atoms with Gasteiger partial charge in [-0.15, -0.1) is 0 Å². The topological polar surface area (TPSA) is 68.5 Å². The van der Waals surface area contributed by atoms with Gasteiger partial charge >= 0.3 is 0 Å². The van der Waals surface area contributed by atoms with Gasteiger partial charge in [0.1, 0.15) is 17.1 Å². The Morgan fingerprint density at radius 3 is 2.80 bits per heavy atom. The monoisotopic (exact) mass is 399 g/mol. The highest BCUT2D eigenvalue weighted by atomic mass is 16.5. The van der Waals surface area contributed by atoms with Gasteiger partial charge in [0.25, 0.3) is 5.91 Å². The molecule has 30 heavy (non-hydrogen) atoms. The van der Waals surface area contributed by atoms with Crippen molar-refractivity contribution >= 4 is 5.91 Å². The maximum atomic E-state index is 11.6. The number of amides is 1. The zero-order valence-electron chi connectivity index (χ0n) is 16.9.